The minimum atomic E-state index is 0.0111. The molecule has 0 bridgehead atoms. The van der Waals surface area contributed by atoms with Gasteiger partial charge < -0.3 is 5.84 Å². The van der Waals surface area contributed by atoms with Crippen LogP contribution in [0.1, 0.15) is 34.6 Å². The maximum absolute atomic E-state index is 5.35. The van der Waals surface area contributed by atoms with Gasteiger partial charge in [0.1, 0.15) is 0 Å². The van der Waals surface area contributed by atoms with E-state index in [9.17, 15) is 0 Å². The molecule has 0 rings (SSSR count). The predicted molar refractivity (Wildman–Crippen MR) is 59.3 cm³/mol. The van der Waals surface area contributed by atoms with Crippen molar-refractivity contribution in [3.05, 3.63) is 0 Å². The van der Waals surface area contributed by atoms with Crippen LogP contribution >= 0.6 is 0 Å². The van der Waals surface area contributed by atoms with Crippen molar-refractivity contribution < 1.29 is 0 Å². The van der Waals surface area contributed by atoms with Crippen molar-refractivity contribution in [1.29, 1.82) is 0 Å². The summed E-state index contributed by atoms with van der Waals surface area (Å²) >= 11 is 0. The fourth-order valence-corrected chi connectivity index (χ4v) is 1.32. The van der Waals surface area contributed by atoms with Crippen LogP contribution in [-0.4, -0.2) is 18.5 Å². The van der Waals surface area contributed by atoms with Crippen LogP contribution in [0, 0.1) is 11.3 Å². The molecule has 0 aromatic carbocycles. The van der Waals surface area contributed by atoms with Crippen LogP contribution in [0.2, 0.25) is 0 Å². The van der Waals surface area contributed by atoms with Crippen molar-refractivity contribution in [2.45, 2.75) is 34.6 Å². The van der Waals surface area contributed by atoms with Gasteiger partial charge in [0.25, 0.3) is 0 Å². The number of hydrazone groups is 1. The highest BCUT2D eigenvalue weighted by atomic mass is 15.1. The summed E-state index contributed by atoms with van der Waals surface area (Å²) < 4.78 is 0. The highest BCUT2D eigenvalue weighted by Gasteiger charge is 2.24. The molecule has 0 fully saturated rings. The standard InChI is InChI=1S/C10H21N3/c1-7(2)8(13-11)9(12-6)10(3,4)5/h7H,11H2,1-6H3/b12-9+,13-8-. The summed E-state index contributed by atoms with van der Waals surface area (Å²) in [5.41, 5.74) is 1.90. The molecule has 0 aromatic rings. The third-order valence-corrected chi connectivity index (χ3v) is 1.86. The summed E-state index contributed by atoms with van der Waals surface area (Å²) in [5, 5.41) is 3.81. The molecule has 2 N–H and O–H groups in total. The quantitative estimate of drug-likeness (QED) is 0.398. The van der Waals surface area contributed by atoms with E-state index < -0.39 is 0 Å². The zero-order chi connectivity index (χ0) is 10.6. The molecule has 3 heteroatoms. The number of aliphatic imine (C=N–C) groups is 1. The van der Waals surface area contributed by atoms with E-state index in [1.165, 1.54) is 0 Å². The molecule has 0 amide bonds. The minimum absolute atomic E-state index is 0.0111. The SMILES string of the molecule is C/N=C(\C(=N/N)C(C)C)C(C)(C)C. The fraction of sp³-hybridized carbons (Fsp3) is 0.800. The monoisotopic (exact) mass is 183 g/mol. The lowest BCUT2D eigenvalue weighted by molar-refractivity contribution is 0.593. The summed E-state index contributed by atoms with van der Waals surface area (Å²) in [5.74, 6) is 5.68. The Bertz CT molecular complexity index is 219. The van der Waals surface area contributed by atoms with Crippen LogP contribution < -0.4 is 5.84 Å². The first-order valence-electron chi connectivity index (χ1n) is 4.60. The second kappa shape index (κ2) is 4.40. The molecule has 0 aromatic heterocycles. The topological polar surface area (TPSA) is 50.7 Å². The molecule has 0 saturated carbocycles. The molecule has 0 atom stereocenters. The van der Waals surface area contributed by atoms with Crippen molar-refractivity contribution >= 4 is 11.4 Å². The minimum Gasteiger partial charge on any atom is -0.323 e. The van der Waals surface area contributed by atoms with Crippen LogP contribution in [0.25, 0.3) is 0 Å². The maximum Gasteiger partial charge on any atom is 0.0840 e. The van der Waals surface area contributed by atoms with E-state index in [0.717, 1.165) is 11.4 Å². The van der Waals surface area contributed by atoms with Crippen molar-refractivity contribution in [2.24, 2.45) is 27.3 Å². The molecule has 0 unspecified atom stereocenters. The number of nitrogens with zero attached hydrogens (tertiary/aromatic N) is 2. The summed E-state index contributed by atoms with van der Waals surface area (Å²) in [4.78, 5) is 4.26. The van der Waals surface area contributed by atoms with Crippen molar-refractivity contribution in [3.63, 3.8) is 0 Å². The Labute approximate surface area is 81.1 Å². The van der Waals surface area contributed by atoms with Gasteiger partial charge in [-0.1, -0.05) is 34.6 Å². The summed E-state index contributed by atoms with van der Waals surface area (Å²) in [6, 6.07) is 0. The van der Waals surface area contributed by atoms with Crippen LogP contribution in [0.5, 0.6) is 0 Å². The zero-order valence-corrected chi connectivity index (χ0v) is 9.55. The average Bonchev–Trinajstić information content (AvgIpc) is 1.96. The molecule has 0 saturated heterocycles. The zero-order valence-electron chi connectivity index (χ0n) is 9.55. The third-order valence-electron chi connectivity index (χ3n) is 1.86. The Morgan fingerprint density at radius 3 is 1.77 bits per heavy atom. The van der Waals surface area contributed by atoms with E-state index in [0.29, 0.717) is 5.92 Å². The van der Waals surface area contributed by atoms with E-state index in [-0.39, 0.29) is 5.41 Å². The van der Waals surface area contributed by atoms with Crippen LogP contribution in [0.3, 0.4) is 0 Å². The Balaban J connectivity index is 5.01. The molecule has 13 heavy (non-hydrogen) atoms. The van der Waals surface area contributed by atoms with E-state index >= 15 is 0 Å². The van der Waals surface area contributed by atoms with Crippen LogP contribution in [-0.2, 0) is 0 Å². The number of hydrogen-bond acceptors (Lipinski definition) is 3. The lowest BCUT2D eigenvalue weighted by Gasteiger charge is -2.23. The normalized spacial score (nSPS) is 15.3. The molecule has 0 spiro atoms. The summed E-state index contributed by atoms with van der Waals surface area (Å²) in [6.45, 7) is 10.5. The number of nitrogens with two attached hydrogens (primary N) is 1. The van der Waals surface area contributed by atoms with Crippen LogP contribution in [0.4, 0.5) is 0 Å². The lowest BCUT2D eigenvalue weighted by Crippen LogP contribution is -2.33. The number of rotatable bonds is 2. The van der Waals surface area contributed by atoms with Gasteiger partial charge in [0.2, 0.25) is 0 Å². The maximum atomic E-state index is 5.35. The molecular weight excluding hydrogens is 162 g/mol. The predicted octanol–water partition coefficient (Wildman–Crippen LogP) is 2.07. The van der Waals surface area contributed by atoms with E-state index in [4.69, 9.17) is 5.84 Å². The Morgan fingerprint density at radius 2 is 1.69 bits per heavy atom. The molecule has 76 valence electrons. The summed E-state index contributed by atoms with van der Waals surface area (Å²) in [7, 11) is 1.79. The second-order valence-electron chi connectivity index (χ2n) is 4.49. The molecule has 0 radical (unpaired) electrons. The van der Waals surface area contributed by atoms with Crippen molar-refractivity contribution in [3.8, 4) is 0 Å². The van der Waals surface area contributed by atoms with E-state index in [2.05, 4.69) is 44.7 Å². The number of hydrogen-bond donors (Lipinski definition) is 1. The fourth-order valence-electron chi connectivity index (χ4n) is 1.32. The Kier molecular flexibility index (Phi) is 4.11. The van der Waals surface area contributed by atoms with Gasteiger partial charge in [-0.15, -0.1) is 0 Å². The van der Waals surface area contributed by atoms with Gasteiger partial charge >= 0.3 is 0 Å². The van der Waals surface area contributed by atoms with Gasteiger partial charge in [-0.25, -0.2) is 0 Å². The van der Waals surface area contributed by atoms with E-state index in [1.807, 2.05) is 0 Å². The smallest absolute Gasteiger partial charge is 0.0840 e. The first-order valence-corrected chi connectivity index (χ1v) is 4.60. The molecule has 0 heterocycles. The molecule has 0 aliphatic carbocycles. The molecular formula is C10H21N3. The van der Waals surface area contributed by atoms with Crippen molar-refractivity contribution in [1.82, 2.24) is 0 Å². The van der Waals surface area contributed by atoms with Gasteiger partial charge in [-0.3, -0.25) is 4.99 Å². The Morgan fingerprint density at radius 1 is 1.23 bits per heavy atom. The lowest BCUT2D eigenvalue weighted by atomic mass is 9.83. The van der Waals surface area contributed by atoms with Gasteiger partial charge in [0, 0.05) is 12.5 Å². The molecule has 0 aliphatic heterocycles. The van der Waals surface area contributed by atoms with Gasteiger partial charge in [-0.2, -0.15) is 5.10 Å². The second-order valence-corrected chi connectivity index (χ2v) is 4.49. The highest BCUT2D eigenvalue weighted by molar-refractivity contribution is 6.44. The highest BCUT2D eigenvalue weighted by Crippen LogP contribution is 2.19. The van der Waals surface area contributed by atoms with Gasteiger partial charge in [-0.05, 0) is 5.92 Å². The summed E-state index contributed by atoms with van der Waals surface area (Å²) in [6.07, 6.45) is 0. The van der Waals surface area contributed by atoms with Crippen molar-refractivity contribution in [2.75, 3.05) is 7.05 Å². The Hall–Kier alpha value is -0.860. The first-order chi connectivity index (χ1) is 5.84. The molecule has 0 aliphatic rings. The van der Waals surface area contributed by atoms with Gasteiger partial charge in [0.05, 0.1) is 11.4 Å². The average molecular weight is 183 g/mol. The first kappa shape index (κ1) is 12.1. The molecule has 3 nitrogen and oxygen atoms in total. The largest absolute Gasteiger partial charge is 0.323 e. The van der Waals surface area contributed by atoms with Gasteiger partial charge in [0.15, 0.2) is 0 Å². The van der Waals surface area contributed by atoms with E-state index in [1.54, 1.807) is 7.05 Å². The third kappa shape index (κ3) is 3.17. The van der Waals surface area contributed by atoms with Crippen LogP contribution in [0.15, 0.2) is 10.1 Å².